The number of esters is 1. The van der Waals surface area contributed by atoms with Crippen molar-refractivity contribution in [2.24, 2.45) is 0 Å². The maximum atomic E-state index is 12.6. The summed E-state index contributed by atoms with van der Waals surface area (Å²) in [6.45, 7) is -0.556. The molecule has 11 nitrogen and oxygen atoms in total. The Kier molecular flexibility index (Phi) is 10.8. The highest BCUT2D eigenvalue weighted by atomic mass is 32.2. The third kappa shape index (κ3) is 10.4. The van der Waals surface area contributed by atoms with Gasteiger partial charge in [-0.3, -0.25) is 14.3 Å². The Hall–Kier alpha value is -3.94. The fraction of sp³-hybridized carbons (Fsp3) is 0.231. The molecule has 0 saturated heterocycles. The average molecular weight is 575 g/mol. The summed E-state index contributed by atoms with van der Waals surface area (Å²) in [5.41, 5.74) is 0.564. The van der Waals surface area contributed by atoms with Crippen LogP contribution in [0.4, 0.5) is 10.5 Å². The molecule has 3 aromatic rings. The molecule has 0 aliphatic heterocycles. The molecule has 1 N–H and O–H groups in total. The van der Waals surface area contributed by atoms with Gasteiger partial charge in [0.15, 0.2) is 0 Å². The molecule has 13 heteroatoms. The maximum Gasteiger partial charge on any atom is 0.407 e. The SMILES string of the molecule is CS(=O)(=O)O[C@@H](COC(=O)c1ccc([N+](=O)[O-])cc1)C(CSc1ccccc1)NC(=O)OCc1ccccc1. The molecule has 1 unspecified atom stereocenters. The second kappa shape index (κ2) is 14.3. The Morgan fingerprint density at radius 3 is 2.15 bits per heavy atom. The van der Waals surface area contributed by atoms with E-state index >= 15 is 0 Å². The number of nitro groups is 1. The minimum absolute atomic E-state index is 0.0159. The minimum atomic E-state index is -4.04. The zero-order valence-corrected chi connectivity index (χ0v) is 22.4. The largest absolute Gasteiger partial charge is 0.459 e. The topological polar surface area (TPSA) is 151 Å². The van der Waals surface area contributed by atoms with E-state index in [2.05, 4.69) is 5.32 Å². The van der Waals surface area contributed by atoms with Crippen molar-refractivity contribution in [2.45, 2.75) is 23.6 Å². The average Bonchev–Trinajstić information content (AvgIpc) is 2.92. The number of nitrogens with zero attached hydrogens (tertiary/aromatic N) is 1. The van der Waals surface area contributed by atoms with E-state index in [0.29, 0.717) is 0 Å². The molecule has 0 heterocycles. The van der Waals surface area contributed by atoms with Crippen LogP contribution in [0.25, 0.3) is 0 Å². The maximum absolute atomic E-state index is 12.6. The number of amides is 1. The number of carbonyl (C=O) groups excluding carboxylic acids is 2. The smallest absolute Gasteiger partial charge is 0.407 e. The molecule has 0 aliphatic rings. The highest BCUT2D eigenvalue weighted by Crippen LogP contribution is 2.21. The Morgan fingerprint density at radius 1 is 0.949 bits per heavy atom. The van der Waals surface area contributed by atoms with E-state index in [1.165, 1.54) is 23.9 Å². The van der Waals surface area contributed by atoms with Gasteiger partial charge in [-0.2, -0.15) is 8.42 Å². The van der Waals surface area contributed by atoms with Crippen LogP contribution >= 0.6 is 11.8 Å². The van der Waals surface area contributed by atoms with E-state index in [1.54, 1.807) is 24.3 Å². The summed E-state index contributed by atoms with van der Waals surface area (Å²) in [7, 11) is -4.04. The van der Waals surface area contributed by atoms with Gasteiger partial charge in [-0.05, 0) is 29.8 Å². The van der Waals surface area contributed by atoms with Crippen LogP contribution in [0.3, 0.4) is 0 Å². The van der Waals surface area contributed by atoms with Gasteiger partial charge in [0, 0.05) is 22.8 Å². The summed E-state index contributed by atoms with van der Waals surface area (Å²) in [6, 6.07) is 21.9. The first-order valence-corrected chi connectivity index (χ1v) is 14.4. The van der Waals surface area contributed by atoms with E-state index in [-0.39, 0.29) is 23.6 Å². The van der Waals surface area contributed by atoms with E-state index < -0.39 is 45.9 Å². The number of benzene rings is 3. The molecule has 3 rings (SSSR count). The summed E-state index contributed by atoms with van der Waals surface area (Å²) < 4.78 is 39.9. The number of nitro benzene ring substituents is 1. The zero-order chi connectivity index (χ0) is 28.3. The van der Waals surface area contributed by atoms with Crippen molar-refractivity contribution >= 4 is 39.6 Å². The summed E-state index contributed by atoms with van der Waals surface area (Å²) in [5.74, 6) is -0.701. The Balaban J connectivity index is 1.74. The molecular weight excluding hydrogens is 548 g/mol. The normalized spacial score (nSPS) is 12.6. The van der Waals surface area contributed by atoms with Gasteiger partial charge in [-0.15, -0.1) is 11.8 Å². The summed E-state index contributed by atoms with van der Waals surface area (Å²) >= 11 is 1.32. The number of carbonyl (C=O) groups is 2. The predicted molar refractivity (Wildman–Crippen MR) is 144 cm³/mol. The molecule has 0 aromatic heterocycles. The lowest BCUT2D eigenvalue weighted by Crippen LogP contribution is -2.49. The Morgan fingerprint density at radius 2 is 1.56 bits per heavy atom. The van der Waals surface area contributed by atoms with Crippen molar-refractivity contribution in [3.8, 4) is 0 Å². The van der Waals surface area contributed by atoms with Crippen LogP contribution in [0.1, 0.15) is 15.9 Å². The van der Waals surface area contributed by atoms with Crippen molar-refractivity contribution in [1.29, 1.82) is 0 Å². The first-order chi connectivity index (χ1) is 18.6. The van der Waals surface area contributed by atoms with Gasteiger partial charge in [0.2, 0.25) is 0 Å². The minimum Gasteiger partial charge on any atom is -0.459 e. The van der Waals surface area contributed by atoms with E-state index in [0.717, 1.165) is 28.8 Å². The number of nitrogens with one attached hydrogen (secondary N) is 1. The number of ether oxygens (including phenoxy) is 2. The van der Waals surface area contributed by atoms with Crippen LogP contribution in [0, 0.1) is 10.1 Å². The van der Waals surface area contributed by atoms with Gasteiger partial charge in [-0.1, -0.05) is 48.5 Å². The number of non-ortho nitro benzene ring substituents is 1. The van der Waals surface area contributed by atoms with E-state index in [4.69, 9.17) is 13.7 Å². The first-order valence-electron chi connectivity index (χ1n) is 11.6. The third-order valence-electron chi connectivity index (χ3n) is 5.13. The van der Waals surface area contributed by atoms with Crippen molar-refractivity contribution in [3.63, 3.8) is 0 Å². The van der Waals surface area contributed by atoms with Crippen LogP contribution in [0.2, 0.25) is 0 Å². The molecule has 1 amide bonds. The van der Waals surface area contributed by atoms with E-state index in [9.17, 15) is 28.1 Å². The monoisotopic (exact) mass is 574 g/mol. The van der Waals surface area contributed by atoms with Crippen LogP contribution in [-0.4, -0.2) is 56.2 Å². The molecule has 0 spiro atoms. The van der Waals surface area contributed by atoms with Crippen LogP contribution < -0.4 is 5.32 Å². The summed E-state index contributed by atoms with van der Waals surface area (Å²) in [4.78, 5) is 36.3. The Bertz CT molecular complexity index is 1350. The molecule has 0 radical (unpaired) electrons. The first kappa shape index (κ1) is 29.6. The lowest BCUT2D eigenvalue weighted by Gasteiger charge is -2.26. The quantitative estimate of drug-likeness (QED) is 0.103. The molecule has 0 aliphatic carbocycles. The number of thioether (sulfide) groups is 1. The molecule has 0 saturated carbocycles. The Labute approximate surface area is 229 Å². The highest BCUT2D eigenvalue weighted by molar-refractivity contribution is 7.99. The van der Waals surface area contributed by atoms with Gasteiger partial charge in [0.1, 0.15) is 19.3 Å². The molecule has 0 bridgehead atoms. The summed E-state index contributed by atoms with van der Waals surface area (Å²) in [5, 5.41) is 13.5. The molecule has 39 heavy (non-hydrogen) atoms. The molecule has 2 atom stereocenters. The van der Waals surface area contributed by atoms with Crippen LogP contribution in [0.15, 0.2) is 89.8 Å². The summed E-state index contributed by atoms with van der Waals surface area (Å²) in [6.07, 6.45) is -1.28. The van der Waals surface area contributed by atoms with Gasteiger partial charge in [0.05, 0.1) is 22.8 Å². The number of hydrogen-bond acceptors (Lipinski definition) is 10. The fourth-order valence-electron chi connectivity index (χ4n) is 3.26. The zero-order valence-electron chi connectivity index (χ0n) is 20.8. The third-order valence-corrected chi connectivity index (χ3v) is 6.86. The standard InChI is InChI=1S/C26H26N2O9S2/c1-39(33,34)37-24(17-35-25(29)20-12-14-21(15-13-20)28(31)32)23(18-38-22-10-6-3-7-11-22)27-26(30)36-16-19-8-4-2-5-9-19/h2-15,23-24H,16-18H2,1H3,(H,27,30)/t23?,24-/m0/s1. The number of hydrogen-bond donors (Lipinski definition) is 1. The van der Waals surface area contributed by atoms with Crippen molar-refractivity contribution in [1.82, 2.24) is 5.32 Å². The van der Waals surface area contributed by atoms with Crippen molar-refractivity contribution in [2.75, 3.05) is 18.6 Å². The molecule has 206 valence electrons. The lowest BCUT2D eigenvalue weighted by molar-refractivity contribution is -0.384. The van der Waals surface area contributed by atoms with E-state index in [1.807, 2.05) is 36.4 Å². The number of rotatable bonds is 13. The van der Waals surface area contributed by atoms with Gasteiger partial charge in [-0.25, -0.2) is 9.59 Å². The molecule has 3 aromatic carbocycles. The van der Waals surface area contributed by atoms with Gasteiger partial charge < -0.3 is 14.8 Å². The predicted octanol–water partition coefficient (Wildman–Crippen LogP) is 4.18. The van der Waals surface area contributed by atoms with Gasteiger partial charge in [0.25, 0.3) is 15.8 Å². The van der Waals surface area contributed by atoms with Crippen LogP contribution in [-0.2, 0) is 30.4 Å². The molecule has 0 fully saturated rings. The van der Waals surface area contributed by atoms with Crippen LogP contribution in [0.5, 0.6) is 0 Å². The van der Waals surface area contributed by atoms with Gasteiger partial charge >= 0.3 is 12.1 Å². The van der Waals surface area contributed by atoms with Crippen molar-refractivity contribution < 1.29 is 36.6 Å². The second-order valence-electron chi connectivity index (χ2n) is 8.18. The van der Waals surface area contributed by atoms with Crippen molar-refractivity contribution in [3.05, 3.63) is 106 Å². The lowest BCUT2D eigenvalue weighted by atomic mass is 10.2. The number of alkyl carbamates (subject to hydrolysis) is 1. The molecular formula is C26H26N2O9S2. The highest BCUT2D eigenvalue weighted by Gasteiger charge is 2.30. The second-order valence-corrected chi connectivity index (χ2v) is 10.9. The fourth-order valence-corrected chi connectivity index (χ4v) is 4.91.